The molecule has 0 aromatic heterocycles. The van der Waals surface area contributed by atoms with E-state index in [0.29, 0.717) is 37.4 Å². The Balaban J connectivity index is 1.69. The Labute approximate surface area is 174 Å². The van der Waals surface area contributed by atoms with Gasteiger partial charge in [0, 0.05) is 37.0 Å². The smallest absolute Gasteiger partial charge is 0.255 e. The molecular weight excluding hydrogens is 389 g/mol. The molecule has 158 valence electrons. The number of likely N-dealkylation sites (tertiary alicyclic amines) is 1. The van der Waals surface area contributed by atoms with Crippen molar-refractivity contribution in [3.05, 3.63) is 65.5 Å². The van der Waals surface area contributed by atoms with Gasteiger partial charge in [0.15, 0.2) is 0 Å². The average molecular weight is 413 g/mol. The molecule has 2 aromatic rings. The molecule has 7 nitrogen and oxygen atoms in total. The highest BCUT2D eigenvalue weighted by atomic mass is 19.1. The number of benzene rings is 2. The zero-order chi connectivity index (χ0) is 21.5. The van der Waals surface area contributed by atoms with Crippen LogP contribution in [0.5, 0.6) is 0 Å². The van der Waals surface area contributed by atoms with E-state index >= 15 is 0 Å². The minimum Gasteiger partial charge on any atom is -0.383 e. The number of hydrogen-bond donors (Lipinski definition) is 2. The van der Waals surface area contributed by atoms with E-state index in [1.165, 1.54) is 18.2 Å². The Morgan fingerprint density at radius 1 is 1.13 bits per heavy atom. The van der Waals surface area contributed by atoms with Crippen LogP contribution in [0.25, 0.3) is 0 Å². The van der Waals surface area contributed by atoms with Crippen molar-refractivity contribution in [3.63, 3.8) is 0 Å². The molecule has 0 aliphatic carbocycles. The predicted molar refractivity (Wildman–Crippen MR) is 110 cm³/mol. The number of carbonyl (C=O) groups is 3. The summed E-state index contributed by atoms with van der Waals surface area (Å²) in [4.78, 5) is 39.3. The number of nitrogens with zero attached hydrogens (tertiary/aromatic N) is 1. The highest BCUT2D eigenvalue weighted by Gasteiger charge is 2.34. The van der Waals surface area contributed by atoms with Gasteiger partial charge in [0.1, 0.15) is 11.9 Å². The summed E-state index contributed by atoms with van der Waals surface area (Å²) in [5.41, 5.74) is 0.957. The van der Waals surface area contributed by atoms with Gasteiger partial charge < -0.3 is 20.3 Å². The Morgan fingerprint density at radius 2 is 1.90 bits per heavy atom. The molecule has 1 aliphatic heterocycles. The fraction of sp³-hybridized carbons (Fsp3) is 0.318. The van der Waals surface area contributed by atoms with Crippen LogP contribution in [0.3, 0.4) is 0 Å². The molecule has 1 heterocycles. The fourth-order valence-electron chi connectivity index (χ4n) is 3.41. The zero-order valence-electron chi connectivity index (χ0n) is 16.7. The lowest BCUT2D eigenvalue weighted by molar-refractivity contribution is -0.125. The third-order valence-corrected chi connectivity index (χ3v) is 4.88. The zero-order valence-corrected chi connectivity index (χ0v) is 16.7. The SMILES string of the molecule is COCCNC(=O)[C@H]1CCCN1C(=O)c1cccc(NC(=O)c2cccc(F)c2)c1. The molecule has 3 rings (SSSR count). The van der Waals surface area contributed by atoms with Crippen molar-refractivity contribution in [3.8, 4) is 0 Å². The third kappa shape index (κ3) is 5.21. The molecule has 0 unspecified atom stereocenters. The number of hydrogen-bond acceptors (Lipinski definition) is 4. The Bertz CT molecular complexity index is 934. The highest BCUT2D eigenvalue weighted by Crippen LogP contribution is 2.22. The molecule has 30 heavy (non-hydrogen) atoms. The van der Waals surface area contributed by atoms with Gasteiger partial charge in [0.2, 0.25) is 5.91 Å². The first-order valence-corrected chi connectivity index (χ1v) is 9.74. The number of ether oxygens (including phenoxy) is 1. The summed E-state index contributed by atoms with van der Waals surface area (Å²) in [5, 5.41) is 5.45. The van der Waals surface area contributed by atoms with Gasteiger partial charge in [0.05, 0.1) is 6.61 Å². The van der Waals surface area contributed by atoms with Crippen LogP contribution < -0.4 is 10.6 Å². The summed E-state index contributed by atoms with van der Waals surface area (Å²) in [6.07, 6.45) is 1.34. The topological polar surface area (TPSA) is 87.7 Å². The Kier molecular flexibility index (Phi) is 7.13. The first kappa shape index (κ1) is 21.4. The maximum atomic E-state index is 13.3. The van der Waals surface area contributed by atoms with E-state index in [0.717, 1.165) is 12.5 Å². The van der Waals surface area contributed by atoms with Crippen LogP contribution in [0, 0.1) is 5.82 Å². The van der Waals surface area contributed by atoms with E-state index in [9.17, 15) is 18.8 Å². The maximum Gasteiger partial charge on any atom is 0.255 e. The van der Waals surface area contributed by atoms with Gasteiger partial charge in [-0.2, -0.15) is 0 Å². The summed E-state index contributed by atoms with van der Waals surface area (Å²) in [5.74, 6) is -1.46. The van der Waals surface area contributed by atoms with E-state index in [2.05, 4.69) is 10.6 Å². The number of amides is 3. The van der Waals surface area contributed by atoms with Crippen molar-refractivity contribution in [2.24, 2.45) is 0 Å². The largest absolute Gasteiger partial charge is 0.383 e. The molecule has 0 saturated carbocycles. The standard InChI is InChI=1S/C22H24FN3O4/c1-30-12-10-24-21(28)19-9-4-11-26(19)22(29)16-6-3-8-18(14-16)25-20(27)15-5-2-7-17(23)13-15/h2-3,5-8,13-14,19H,4,9-12H2,1H3,(H,24,28)(H,25,27)/t19-/m1/s1. The molecule has 0 spiro atoms. The lowest BCUT2D eigenvalue weighted by atomic mass is 10.1. The van der Waals surface area contributed by atoms with Crippen molar-refractivity contribution in [1.29, 1.82) is 0 Å². The summed E-state index contributed by atoms with van der Waals surface area (Å²) >= 11 is 0. The van der Waals surface area contributed by atoms with Crippen molar-refractivity contribution in [2.45, 2.75) is 18.9 Å². The summed E-state index contributed by atoms with van der Waals surface area (Å²) in [6.45, 7) is 1.27. The minimum atomic E-state index is -0.528. The van der Waals surface area contributed by atoms with Crippen LogP contribution in [0.15, 0.2) is 48.5 Å². The second-order valence-corrected chi connectivity index (χ2v) is 6.99. The molecule has 1 aliphatic rings. The molecule has 2 N–H and O–H groups in total. The second kappa shape index (κ2) is 9.98. The molecule has 3 amide bonds. The lowest BCUT2D eigenvalue weighted by Gasteiger charge is -2.24. The third-order valence-electron chi connectivity index (χ3n) is 4.88. The van der Waals surface area contributed by atoms with Crippen molar-refractivity contribution in [2.75, 3.05) is 32.1 Å². The lowest BCUT2D eigenvalue weighted by Crippen LogP contribution is -2.46. The maximum absolute atomic E-state index is 13.3. The van der Waals surface area contributed by atoms with Gasteiger partial charge >= 0.3 is 0 Å². The number of methoxy groups -OCH3 is 1. The number of rotatable bonds is 7. The van der Waals surface area contributed by atoms with Gasteiger partial charge in [-0.05, 0) is 49.2 Å². The number of halogens is 1. The quantitative estimate of drug-likeness (QED) is 0.683. The van der Waals surface area contributed by atoms with Crippen LogP contribution in [-0.4, -0.2) is 55.5 Å². The fourth-order valence-corrected chi connectivity index (χ4v) is 3.41. The van der Waals surface area contributed by atoms with Gasteiger partial charge in [-0.1, -0.05) is 12.1 Å². The van der Waals surface area contributed by atoms with Crippen LogP contribution in [0.2, 0.25) is 0 Å². The molecular formula is C22H24FN3O4. The molecule has 1 fully saturated rings. The predicted octanol–water partition coefficient (Wildman–Crippen LogP) is 2.45. The van der Waals surface area contributed by atoms with Crippen LogP contribution >= 0.6 is 0 Å². The van der Waals surface area contributed by atoms with E-state index in [-0.39, 0.29) is 17.4 Å². The molecule has 0 bridgehead atoms. The summed E-state index contributed by atoms with van der Waals surface area (Å²) < 4.78 is 18.3. The molecule has 0 radical (unpaired) electrons. The summed E-state index contributed by atoms with van der Waals surface area (Å²) in [7, 11) is 1.55. The monoisotopic (exact) mass is 413 g/mol. The van der Waals surface area contributed by atoms with Crippen LogP contribution in [0.1, 0.15) is 33.6 Å². The van der Waals surface area contributed by atoms with Gasteiger partial charge in [-0.25, -0.2) is 4.39 Å². The van der Waals surface area contributed by atoms with E-state index in [1.54, 1.807) is 36.3 Å². The highest BCUT2D eigenvalue weighted by molar-refractivity contribution is 6.05. The Morgan fingerprint density at radius 3 is 2.67 bits per heavy atom. The summed E-state index contributed by atoms with van der Waals surface area (Å²) in [6, 6.07) is 11.3. The second-order valence-electron chi connectivity index (χ2n) is 6.99. The minimum absolute atomic E-state index is 0.180. The van der Waals surface area contributed by atoms with Crippen LogP contribution in [-0.2, 0) is 9.53 Å². The Hall–Kier alpha value is -3.26. The molecule has 1 atom stereocenters. The van der Waals surface area contributed by atoms with Crippen molar-refractivity contribution in [1.82, 2.24) is 10.2 Å². The molecule has 1 saturated heterocycles. The first-order chi connectivity index (χ1) is 14.5. The van der Waals surface area contributed by atoms with E-state index in [1.807, 2.05) is 0 Å². The van der Waals surface area contributed by atoms with E-state index < -0.39 is 17.8 Å². The van der Waals surface area contributed by atoms with Crippen LogP contribution in [0.4, 0.5) is 10.1 Å². The van der Waals surface area contributed by atoms with Crippen molar-refractivity contribution >= 4 is 23.4 Å². The van der Waals surface area contributed by atoms with Gasteiger partial charge in [0.25, 0.3) is 11.8 Å². The first-order valence-electron chi connectivity index (χ1n) is 9.74. The number of anilines is 1. The average Bonchev–Trinajstić information content (AvgIpc) is 3.23. The number of carbonyl (C=O) groups excluding carboxylic acids is 3. The van der Waals surface area contributed by atoms with Gasteiger partial charge in [-0.15, -0.1) is 0 Å². The molecule has 2 aromatic carbocycles. The molecule has 8 heteroatoms. The normalized spacial score (nSPS) is 15.7. The van der Waals surface area contributed by atoms with Crippen molar-refractivity contribution < 1.29 is 23.5 Å². The van der Waals surface area contributed by atoms with E-state index in [4.69, 9.17) is 4.74 Å². The van der Waals surface area contributed by atoms with Gasteiger partial charge in [-0.3, -0.25) is 14.4 Å². The number of nitrogens with one attached hydrogen (secondary N) is 2.